The summed E-state index contributed by atoms with van der Waals surface area (Å²) in [6.07, 6.45) is 0. The van der Waals surface area contributed by atoms with Gasteiger partial charge >= 0.3 is 0 Å². The summed E-state index contributed by atoms with van der Waals surface area (Å²) in [5.41, 5.74) is 1.92. The van der Waals surface area contributed by atoms with Crippen LogP contribution in [0.4, 0.5) is 10.1 Å². The van der Waals surface area contributed by atoms with Crippen LogP contribution in [0.1, 0.15) is 18.5 Å². The zero-order valence-electron chi connectivity index (χ0n) is 11.1. The summed E-state index contributed by atoms with van der Waals surface area (Å²) in [5.74, 6) is -0.100. The van der Waals surface area contributed by atoms with Gasteiger partial charge in [-0.05, 0) is 58.7 Å². The fourth-order valence-electron chi connectivity index (χ4n) is 1.87. The molecule has 0 aliphatic heterocycles. The van der Waals surface area contributed by atoms with Crippen LogP contribution in [-0.4, -0.2) is 7.11 Å². The van der Waals surface area contributed by atoms with E-state index in [1.165, 1.54) is 13.2 Å². The molecule has 0 aromatic heterocycles. The van der Waals surface area contributed by atoms with E-state index in [-0.39, 0.29) is 17.6 Å². The van der Waals surface area contributed by atoms with E-state index in [4.69, 9.17) is 4.74 Å². The lowest BCUT2D eigenvalue weighted by molar-refractivity contribution is 0.385. The summed E-state index contributed by atoms with van der Waals surface area (Å²) >= 11 is 6.95. The monoisotopic (exact) mass is 401 g/mol. The molecule has 0 aliphatic rings. The van der Waals surface area contributed by atoms with Crippen molar-refractivity contribution in [2.45, 2.75) is 13.0 Å². The highest BCUT2D eigenvalue weighted by Gasteiger charge is 2.11. The maximum Gasteiger partial charge on any atom is 0.165 e. The van der Waals surface area contributed by atoms with Crippen LogP contribution in [0.25, 0.3) is 0 Å². The zero-order valence-corrected chi connectivity index (χ0v) is 14.3. The average Bonchev–Trinajstić information content (AvgIpc) is 2.43. The maximum absolute atomic E-state index is 13.4. The van der Waals surface area contributed by atoms with Crippen LogP contribution in [0, 0.1) is 5.82 Å². The first kappa shape index (κ1) is 15.3. The van der Waals surface area contributed by atoms with E-state index in [0.29, 0.717) is 0 Å². The summed E-state index contributed by atoms with van der Waals surface area (Å²) in [5, 5.41) is 3.38. The van der Waals surface area contributed by atoms with Gasteiger partial charge in [-0.1, -0.05) is 22.0 Å². The third kappa shape index (κ3) is 3.52. The topological polar surface area (TPSA) is 21.3 Å². The third-order valence-electron chi connectivity index (χ3n) is 2.98. The van der Waals surface area contributed by atoms with E-state index in [1.807, 2.05) is 25.1 Å². The molecular weight excluding hydrogens is 389 g/mol. The van der Waals surface area contributed by atoms with Crippen molar-refractivity contribution in [3.8, 4) is 5.75 Å². The summed E-state index contributed by atoms with van der Waals surface area (Å²) < 4.78 is 20.4. The molecule has 2 aromatic rings. The molecule has 1 N–H and O–H groups in total. The number of ether oxygens (including phenoxy) is 1. The summed E-state index contributed by atoms with van der Waals surface area (Å²) in [4.78, 5) is 0. The molecule has 5 heteroatoms. The minimum absolute atomic E-state index is 0.0232. The molecule has 0 saturated carbocycles. The molecule has 0 aliphatic carbocycles. The van der Waals surface area contributed by atoms with Crippen LogP contribution >= 0.6 is 31.9 Å². The molecule has 0 heterocycles. The molecule has 106 valence electrons. The van der Waals surface area contributed by atoms with Gasteiger partial charge in [-0.2, -0.15) is 0 Å². The van der Waals surface area contributed by atoms with Gasteiger partial charge in [0.2, 0.25) is 0 Å². The Morgan fingerprint density at radius 3 is 2.60 bits per heavy atom. The van der Waals surface area contributed by atoms with E-state index in [0.717, 1.165) is 20.2 Å². The van der Waals surface area contributed by atoms with Gasteiger partial charge in [0.05, 0.1) is 12.8 Å². The minimum atomic E-state index is -0.355. The Balaban J connectivity index is 2.23. The van der Waals surface area contributed by atoms with Gasteiger partial charge in [0, 0.05) is 15.0 Å². The molecule has 2 rings (SSSR count). The van der Waals surface area contributed by atoms with Crippen molar-refractivity contribution >= 4 is 37.5 Å². The molecule has 0 fully saturated rings. The normalized spacial score (nSPS) is 12.1. The molecule has 20 heavy (non-hydrogen) atoms. The van der Waals surface area contributed by atoms with Gasteiger partial charge in [0.25, 0.3) is 0 Å². The Labute approximate surface area is 134 Å². The second-order valence-electron chi connectivity index (χ2n) is 4.38. The van der Waals surface area contributed by atoms with Crippen LogP contribution in [0.3, 0.4) is 0 Å². The molecular formula is C15H14Br2FNO. The highest BCUT2D eigenvalue weighted by atomic mass is 79.9. The minimum Gasteiger partial charge on any atom is -0.494 e. The molecule has 0 saturated heterocycles. The molecule has 1 unspecified atom stereocenters. The Bertz CT molecular complexity index is 619. The van der Waals surface area contributed by atoms with Crippen molar-refractivity contribution in [3.05, 3.63) is 56.7 Å². The van der Waals surface area contributed by atoms with Crippen LogP contribution in [0.5, 0.6) is 5.75 Å². The highest BCUT2D eigenvalue weighted by molar-refractivity contribution is 9.11. The Hall–Kier alpha value is -1.07. The number of benzene rings is 2. The summed E-state index contributed by atoms with van der Waals surface area (Å²) in [6.45, 7) is 2.01. The van der Waals surface area contributed by atoms with Gasteiger partial charge in [-0.3, -0.25) is 0 Å². The second kappa shape index (κ2) is 6.59. The zero-order chi connectivity index (χ0) is 14.7. The fourth-order valence-corrected chi connectivity index (χ4v) is 2.59. The van der Waals surface area contributed by atoms with Gasteiger partial charge in [-0.25, -0.2) is 4.39 Å². The van der Waals surface area contributed by atoms with Crippen LogP contribution in [-0.2, 0) is 0 Å². The Morgan fingerprint density at radius 1 is 1.15 bits per heavy atom. The lowest BCUT2D eigenvalue weighted by Gasteiger charge is -2.18. The smallest absolute Gasteiger partial charge is 0.165 e. The number of hydrogen-bond acceptors (Lipinski definition) is 2. The molecule has 0 radical (unpaired) electrons. The number of anilines is 1. The number of halogens is 3. The molecule has 2 aromatic carbocycles. The van der Waals surface area contributed by atoms with E-state index in [2.05, 4.69) is 37.2 Å². The van der Waals surface area contributed by atoms with E-state index >= 15 is 0 Å². The van der Waals surface area contributed by atoms with Crippen molar-refractivity contribution in [2.75, 3.05) is 12.4 Å². The van der Waals surface area contributed by atoms with Crippen LogP contribution < -0.4 is 10.1 Å². The Morgan fingerprint density at radius 2 is 1.90 bits per heavy atom. The highest BCUT2D eigenvalue weighted by Crippen LogP contribution is 2.30. The predicted molar refractivity (Wildman–Crippen MR) is 86.8 cm³/mol. The molecule has 0 bridgehead atoms. The van der Waals surface area contributed by atoms with Gasteiger partial charge in [0.1, 0.15) is 0 Å². The Kier molecular flexibility index (Phi) is 5.05. The van der Waals surface area contributed by atoms with E-state index in [9.17, 15) is 4.39 Å². The van der Waals surface area contributed by atoms with Crippen molar-refractivity contribution in [1.29, 1.82) is 0 Å². The van der Waals surface area contributed by atoms with Crippen LogP contribution in [0.15, 0.2) is 45.3 Å². The average molecular weight is 403 g/mol. The largest absolute Gasteiger partial charge is 0.494 e. The first-order valence-corrected chi connectivity index (χ1v) is 7.65. The number of rotatable bonds is 4. The second-order valence-corrected chi connectivity index (χ2v) is 6.15. The molecule has 0 spiro atoms. The fraction of sp³-hybridized carbons (Fsp3) is 0.200. The maximum atomic E-state index is 13.4. The molecule has 1 atom stereocenters. The molecule has 2 nitrogen and oxygen atoms in total. The van der Waals surface area contributed by atoms with Gasteiger partial charge in [-0.15, -0.1) is 0 Å². The number of hydrogen-bond donors (Lipinski definition) is 1. The first-order chi connectivity index (χ1) is 9.51. The van der Waals surface area contributed by atoms with E-state index in [1.54, 1.807) is 12.1 Å². The SMILES string of the molecule is COc1cc(C(C)Nc2cc(Br)ccc2Br)ccc1F. The summed E-state index contributed by atoms with van der Waals surface area (Å²) in [6, 6.07) is 10.8. The van der Waals surface area contributed by atoms with E-state index < -0.39 is 0 Å². The standard InChI is InChI=1S/C15H14Br2FNO/c1-9(10-3-6-13(18)15(7-10)20-2)19-14-8-11(16)4-5-12(14)17/h3-9,19H,1-2H3. The number of methoxy groups -OCH3 is 1. The predicted octanol–water partition coefficient (Wildman–Crippen LogP) is 5.53. The summed E-state index contributed by atoms with van der Waals surface area (Å²) in [7, 11) is 1.46. The van der Waals surface area contributed by atoms with Crippen molar-refractivity contribution in [2.24, 2.45) is 0 Å². The lowest BCUT2D eigenvalue weighted by atomic mass is 10.1. The quantitative estimate of drug-likeness (QED) is 0.725. The van der Waals surface area contributed by atoms with Crippen LogP contribution in [0.2, 0.25) is 0 Å². The third-order valence-corrected chi connectivity index (χ3v) is 4.16. The molecule has 0 amide bonds. The first-order valence-electron chi connectivity index (χ1n) is 6.06. The lowest BCUT2D eigenvalue weighted by Crippen LogP contribution is -2.07. The van der Waals surface area contributed by atoms with Crippen molar-refractivity contribution in [1.82, 2.24) is 0 Å². The van der Waals surface area contributed by atoms with Crippen molar-refractivity contribution < 1.29 is 9.13 Å². The van der Waals surface area contributed by atoms with Gasteiger partial charge in [0.15, 0.2) is 11.6 Å². The van der Waals surface area contributed by atoms with Gasteiger partial charge < -0.3 is 10.1 Å². The van der Waals surface area contributed by atoms with Crippen molar-refractivity contribution in [3.63, 3.8) is 0 Å². The number of nitrogens with one attached hydrogen (secondary N) is 1.